The molecule has 118 valence electrons. The zero-order valence-electron chi connectivity index (χ0n) is 12.7. The van der Waals surface area contributed by atoms with Crippen molar-refractivity contribution in [3.05, 3.63) is 35.9 Å². The van der Waals surface area contributed by atoms with Crippen LogP contribution in [0.1, 0.15) is 35.9 Å². The van der Waals surface area contributed by atoms with Gasteiger partial charge in [0.2, 0.25) is 0 Å². The quantitative estimate of drug-likeness (QED) is 0.824. The van der Waals surface area contributed by atoms with Crippen LogP contribution < -0.4 is 5.32 Å². The molecule has 2 heterocycles. The van der Waals surface area contributed by atoms with Gasteiger partial charge in [-0.1, -0.05) is 0 Å². The smallest absolute Gasteiger partial charge is 0.328 e. The SMILES string of the molecule is Cc1ccn(CC(C)NC(=O)c2cnn(C(C)C(=O)O)c2)n1. The van der Waals surface area contributed by atoms with Gasteiger partial charge >= 0.3 is 5.97 Å². The first-order valence-corrected chi connectivity index (χ1v) is 6.94. The number of rotatable bonds is 6. The number of hydrogen-bond acceptors (Lipinski definition) is 4. The minimum absolute atomic E-state index is 0.118. The molecule has 2 unspecified atom stereocenters. The van der Waals surface area contributed by atoms with E-state index in [2.05, 4.69) is 15.5 Å². The van der Waals surface area contributed by atoms with Crippen LogP contribution in [-0.2, 0) is 11.3 Å². The van der Waals surface area contributed by atoms with Crippen LogP contribution in [0, 0.1) is 6.92 Å². The minimum atomic E-state index is -1.00. The Morgan fingerprint density at radius 2 is 2.14 bits per heavy atom. The highest BCUT2D eigenvalue weighted by atomic mass is 16.4. The maximum absolute atomic E-state index is 12.1. The van der Waals surface area contributed by atoms with E-state index in [1.807, 2.05) is 26.1 Å². The standard InChI is InChI=1S/C14H19N5O3/c1-9-4-5-18(17-9)7-10(2)16-13(20)12-6-15-19(8-12)11(3)14(21)22/h4-6,8,10-11H,7H2,1-3H3,(H,16,20)(H,21,22). The predicted molar refractivity (Wildman–Crippen MR) is 78.5 cm³/mol. The predicted octanol–water partition coefficient (Wildman–Crippen LogP) is 0.852. The molecule has 2 aromatic heterocycles. The molecule has 0 radical (unpaired) electrons. The molecule has 0 saturated heterocycles. The third kappa shape index (κ3) is 3.72. The van der Waals surface area contributed by atoms with Crippen LogP contribution in [0.4, 0.5) is 0 Å². The minimum Gasteiger partial charge on any atom is -0.480 e. The Bertz CT molecular complexity index is 676. The van der Waals surface area contributed by atoms with Gasteiger partial charge in [0, 0.05) is 18.4 Å². The summed E-state index contributed by atoms with van der Waals surface area (Å²) < 4.78 is 3.01. The second-order valence-electron chi connectivity index (χ2n) is 5.28. The molecule has 0 bridgehead atoms. The van der Waals surface area contributed by atoms with Gasteiger partial charge in [0.05, 0.1) is 24.0 Å². The molecule has 0 saturated carbocycles. The number of aliphatic carboxylic acids is 1. The summed E-state index contributed by atoms with van der Waals surface area (Å²) in [5.41, 5.74) is 1.25. The van der Waals surface area contributed by atoms with Crippen LogP contribution in [0.15, 0.2) is 24.7 Å². The molecule has 2 rings (SSSR count). The van der Waals surface area contributed by atoms with Gasteiger partial charge in [0.15, 0.2) is 0 Å². The number of amides is 1. The summed E-state index contributed by atoms with van der Waals surface area (Å²) in [5.74, 6) is -1.29. The monoisotopic (exact) mass is 305 g/mol. The Morgan fingerprint density at radius 3 is 2.73 bits per heavy atom. The summed E-state index contributed by atoms with van der Waals surface area (Å²) in [7, 11) is 0. The number of hydrogen-bond donors (Lipinski definition) is 2. The summed E-state index contributed by atoms with van der Waals surface area (Å²) in [6, 6.07) is 0.962. The molecule has 2 N–H and O–H groups in total. The second-order valence-corrected chi connectivity index (χ2v) is 5.28. The molecule has 22 heavy (non-hydrogen) atoms. The number of aromatic nitrogens is 4. The average Bonchev–Trinajstić information content (AvgIpc) is 3.06. The molecule has 0 aromatic carbocycles. The molecule has 0 aliphatic rings. The number of carboxylic acid groups (broad SMARTS) is 1. The van der Waals surface area contributed by atoms with Crippen LogP contribution in [0.25, 0.3) is 0 Å². The van der Waals surface area contributed by atoms with Crippen molar-refractivity contribution in [2.45, 2.75) is 39.4 Å². The van der Waals surface area contributed by atoms with Crippen LogP contribution in [0.5, 0.6) is 0 Å². The van der Waals surface area contributed by atoms with Gasteiger partial charge in [-0.15, -0.1) is 0 Å². The van der Waals surface area contributed by atoms with Crippen LogP contribution in [0.2, 0.25) is 0 Å². The third-order valence-corrected chi connectivity index (χ3v) is 3.23. The Kier molecular flexibility index (Phi) is 4.59. The first-order valence-electron chi connectivity index (χ1n) is 6.94. The van der Waals surface area contributed by atoms with Crippen LogP contribution >= 0.6 is 0 Å². The maximum atomic E-state index is 12.1. The Labute approximate surface area is 127 Å². The van der Waals surface area contributed by atoms with Crippen molar-refractivity contribution in [3.63, 3.8) is 0 Å². The van der Waals surface area contributed by atoms with Crippen molar-refractivity contribution in [3.8, 4) is 0 Å². The van der Waals surface area contributed by atoms with Gasteiger partial charge in [-0.3, -0.25) is 14.2 Å². The number of carbonyl (C=O) groups is 2. The van der Waals surface area contributed by atoms with Gasteiger partial charge in [0.25, 0.3) is 5.91 Å². The summed E-state index contributed by atoms with van der Waals surface area (Å²) >= 11 is 0. The largest absolute Gasteiger partial charge is 0.480 e. The highest BCUT2D eigenvalue weighted by molar-refractivity contribution is 5.93. The number of nitrogens with zero attached hydrogens (tertiary/aromatic N) is 4. The fourth-order valence-electron chi connectivity index (χ4n) is 1.98. The normalized spacial score (nSPS) is 13.6. The first-order chi connectivity index (χ1) is 10.4. The van der Waals surface area contributed by atoms with Gasteiger partial charge in [0.1, 0.15) is 6.04 Å². The van der Waals surface area contributed by atoms with E-state index < -0.39 is 12.0 Å². The molecule has 0 aliphatic carbocycles. The van der Waals surface area contributed by atoms with Gasteiger partial charge in [-0.05, 0) is 26.8 Å². The van der Waals surface area contributed by atoms with Crippen molar-refractivity contribution in [1.82, 2.24) is 24.9 Å². The topological polar surface area (TPSA) is 102 Å². The molecule has 2 aromatic rings. The van der Waals surface area contributed by atoms with Crippen LogP contribution in [-0.4, -0.2) is 42.6 Å². The summed E-state index contributed by atoms with van der Waals surface area (Å²) in [6.07, 6.45) is 4.64. The Morgan fingerprint density at radius 1 is 1.41 bits per heavy atom. The molecular formula is C14H19N5O3. The lowest BCUT2D eigenvalue weighted by atomic mass is 10.2. The van der Waals surface area contributed by atoms with Gasteiger partial charge in [-0.25, -0.2) is 4.79 Å². The molecule has 8 heteroatoms. The van der Waals surface area contributed by atoms with Gasteiger partial charge < -0.3 is 10.4 Å². The first kappa shape index (κ1) is 15.7. The lowest BCUT2D eigenvalue weighted by Crippen LogP contribution is -2.35. The molecule has 2 atom stereocenters. The number of aryl methyl sites for hydroxylation is 1. The molecule has 0 aliphatic heterocycles. The Hall–Kier alpha value is -2.64. The number of nitrogens with one attached hydrogen (secondary N) is 1. The lowest BCUT2D eigenvalue weighted by molar-refractivity contribution is -0.140. The summed E-state index contributed by atoms with van der Waals surface area (Å²) in [5, 5.41) is 19.9. The highest BCUT2D eigenvalue weighted by Crippen LogP contribution is 2.07. The molecule has 0 fully saturated rings. The van der Waals surface area contributed by atoms with E-state index in [9.17, 15) is 9.59 Å². The zero-order chi connectivity index (χ0) is 16.3. The maximum Gasteiger partial charge on any atom is 0.328 e. The fourth-order valence-corrected chi connectivity index (χ4v) is 1.98. The zero-order valence-corrected chi connectivity index (χ0v) is 12.7. The lowest BCUT2D eigenvalue weighted by Gasteiger charge is -2.13. The van der Waals surface area contributed by atoms with Crippen molar-refractivity contribution in [1.29, 1.82) is 0 Å². The van der Waals surface area contributed by atoms with E-state index in [4.69, 9.17) is 5.11 Å². The summed E-state index contributed by atoms with van der Waals surface area (Å²) in [4.78, 5) is 23.0. The highest BCUT2D eigenvalue weighted by Gasteiger charge is 2.17. The van der Waals surface area contributed by atoms with E-state index in [-0.39, 0.29) is 11.9 Å². The average molecular weight is 305 g/mol. The fraction of sp³-hybridized carbons (Fsp3) is 0.429. The second kappa shape index (κ2) is 6.42. The van der Waals surface area contributed by atoms with Crippen molar-refractivity contribution >= 4 is 11.9 Å². The van der Waals surface area contributed by atoms with Crippen molar-refractivity contribution in [2.24, 2.45) is 0 Å². The van der Waals surface area contributed by atoms with Crippen LogP contribution in [0.3, 0.4) is 0 Å². The van der Waals surface area contributed by atoms with Crippen molar-refractivity contribution in [2.75, 3.05) is 0 Å². The Balaban J connectivity index is 1.95. The van der Waals surface area contributed by atoms with E-state index in [1.54, 1.807) is 4.68 Å². The molecule has 1 amide bonds. The van der Waals surface area contributed by atoms with E-state index in [1.165, 1.54) is 24.0 Å². The van der Waals surface area contributed by atoms with E-state index in [0.29, 0.717) is 12.1 Å². The molecule has 8 nitrogen and oxygen atoms in total. The van der Waals surface area contributed by atoms with E-state index >= 15 is 0 Å². The number of carboxylic acids is 1. The van der Waals surface area contributed by atoms with Gasteiger partial charge in [-0.2, -0.15) is 10.2 Å². The molecule has 0 spiro atoms. The number of carbonyl (C=O) groups excluding carboxylic acids is 1. The van der Waals surface area contributed by atoms with Crippen molar-refractivity contribution < 1.29 is 14.7 Å². The summed E-state index contributed by atoms with van der Waals surface area (Å²) in [6.45, 7) is 5.83. The third-order valence-electron chi connectivity index (χ3n) is 3.23. The molecular weight excluding hydrogens is 286 g/mol. The van der Waals surface area contributed by atoms with E-state index in [0.717, 1.165) is 5.69 Å².